The smallest absolute Gasteiger partial charge is 0.276 e. The summed E-state index contributed by atoms with van der Waals surface area (Å²) in [5.41, 5.74) is 10.7. The summed E-state index contributed by atoms with van der Waals surface area (Å²) < 4.78 is 0. The number of benzene rings is 2. The molecule has 122 valence electrons. The monoisotopic (exact) mass is 328 g/mol. The Morgan fingerprint density at radius 1 is 0.840 bits per heavy atom. The Bertz CT molecular complexity index is 1090. The largest absolute Gasteiger partial charge is 0.327 e. The van der Waals surface area contributed by atoms with Crippen LogP contribution in [0.3, 0.4) is 0 Å². The Labute approximate surface area is 144 Å². The lowest BCUT2D eigenvalue weighted by molar-refractivity contribution is 1.07. The van der Waals surface area contributed by atoms with Crippen molar-refractivity contribution in [2.75, 3.05) is 0 Å². The molecule has 0 fully saturated rings. The maximum absolute atomic E-state index is 12.1. The third-order valence-corrected chi connectivity index (χ3v) is 4.10. The minimum atomic E-state index is -0.246. The topological polar surface area (TPSA) is 84.7 Å². The molecule has 2 heterocycles. The molecule has 0 atom stereocenters. The number of H-pyrrole nitrogens is 1. The first-order valence-corrected chi connectivity index (χ1v) is 8.00. The maximum atomic E-state index is 12.1. The van der Waals surface area contributed by atoms with Gasteiger partial charge in [0, 0.05) is 23.9 Å². The Morgan fingerprint density at radius 2 is 1.52 bits per heavy atom. The number of nitrogens with two attached hydrogens (primary N) is 1. The minimum absolute atomic E-state index is 0.246. The van der Waals surface area contributed by atoms with Gasteiger partial charge in [-0.2, -0.15) is 0 Å². The first kappa shape index (κ1) is 15.2. The third kappa shape index (κ3) is 2.81. The van der Waals surface area contributed by atoms with Crippen LogP contribution in [0.2, 0.25) is 0 Å². The second kappa shape index (κ2) is 6.30. The number of rotatable bonds is 3. The van der Waals surface area contributed by atoms with Crippen LogP contribution < -0.4 is 11.3 Å². The molecule has 0 saturated carbocycles. The molecular formula is C20H16N4O. The molecule has 4 rings (SSSR count). The van der Waals surface area contributed by atoms with Gasteiger partial charge in [0.05, 0.1) is 16.9 Å². The van der Waals surface area contributed by atoms with E-state index in [1.165, 1.54) is 0 Å². The van der Waals surface area contributed by atoms with E-state index < -0.39 is 0 Å². The molecule has 0 aliphatic heterocycles. The minimum Gasteiger partial charge on any atom is -0.327 e. The second-order valence-electron chi connectivity index (χ2n) is 5.73. The van der Waals surface area contributed by atoms with E-state index in [2.05, 4.69) is 9.97 Å². The Morgan fingerprint density at radius 3 is 2.24 bits per heavy atom. The highest BCUT2D eigenvalue weighted by Gasteiger charge is 2.14. The average molecular weight is 328 g/mol. The lowest BCUT2D eigenvalue weighted by Crippen LogP contribution is -2.09. The molecule has 0 aliphatic carbocycles. The van der Waals surface area contributed by atoms with Gasteiger partial charge in [0.2, 0.25) is 0 Å². The molecule has 5 nitrogen and oxygen atoms in total. The van der Waals surface area contributed by atoms with Crippen molar-refractivity contribution in [2.45, 2.75) is 6.54 Å². The molecular weight excluding hydrogens is 312 g/mol. The zero-order chi connectivity index (χ0) is 17.2. The van der Waals surface area contributed by atoms with Crippen molar-refractivity contribution in [1.29, 1.82) is 0 Å². The zero-order valence-corrected chi connectivity index (χ0v) is 13.4. The zero-order valence-electron chi connectivity index (χ0n) is 13.4. The lowest BCUT2D eigenvalue weighted by atomic mass is 10.0. The van der Waals surface area contributed by atoms with Gasteiger partial charge in [-0.05, 0) is 11.6 Å². The first-order valence-electron chi connectivity index (χ1n) is 8.00. The van der Waals surface area contributed by atoms with Crippen molar-refractivity contribution in [3.8, 4) is 22.5 Å². The summed E-state index contributed by atoms with van der Waals surface area (Å²) in [6, 6.07) is 19.5. The van der Waals surface area contributed by atoms with Gasteiger partial charge in [-0.3, -0.25) is 4.79 Å². The molecule has 0 saturated heterocycles. The van der Waals surface area contributed by atoms with Crippen LogP contribution in [0.15, 0.2) is 71.7 Å². The normalized spacial score (nSPS) is 10.9. The lowest BCUT2D eigenvalue weighted by Gasteiger charge is -2.10. The standard InChI is InChI=1S/C20H16N4O/c21-12-13-6-8-15(9-7-13)18-17(14-4-2-1-3-5-14)23-16-10-11-22-20(25)19(16)24-18/h1-11H,12,21H2,(H,22,25). The van der Waals surface area contributed by atoms with Gasteiger partial charge >= 0.3 is 0 Å². The molecule has 2 aromatic heterocycles. The summed E-state index contributed by atoms with van der Waals surface area (Å²) in [4.78, 5) is 24.1. The van der Waals surface area contributed by atoms with E-state index in [0.717, 1.165) is 22.4 Å². The van der Waals surface area contributed by atoms with Gasteiger partial charge in [0.1, 0.15) is 0 Å². The highest BCUT2D eigenvalue weighted by molar-refractivity contribution is 5.85. The number of hydrogen-bond acceptors (Lipinski definition) is 4. The molecule has 0 spiro atoms. The van der Waals surface area contributed by atoms with Crippen molar-refractivity contribution in [3.05, 3.63) is 82.8 Å². The van der Waals surface area contributed by atoms with E-state index in [4.69, 9.17) is 10.7 Å². The first-order chi connectivity index (χ1) is 12.3. The number of aromatic nitrogens is 3. The van der Waals surface area contributed by atoms with Crippen LogP contribution in [0.4, 0.5) is 0 Å². The molecule has 2 aromatic carbocycles. The Balaban J connectivity index is 2.02. The number of pyridine rings is 1. The number of fused-ring (bicyclic) bond motifs is 1. The Hall–Kier alpha value is -3.31. The summed E-state index contributed by atoms with van der Waals surface area (Å²) in [5, 5.41) is 0. The summed E-state index contributed by atoms with van der Waals surface area (Å²) in [6.45, 7) is 0.481. The van der Waals surface area contributed by atoms with Gasteiger partial charge in [-0.15, -0.1) is 0 Å². The van der Waals surface area contributed by atoms with Crippen molar-refractivity contribution in [1.82, 2.24) is 15.0 Å². The molecule has 0 amide bonds. The molecule has 0 bridgehead atoms. The van der Waals surface area contributed by atoms with Crippen molar-refractivity contribution in [2.24, 2.45) is 5.73 Å². The number of nitrogens with zero attached hydrogens (tertiary/aromatic N) is 2. The van der Waals surface area contributed by atoms with Crippen LogP contribution in [0.25, 0.3) is 33.5 Å². The van der Waals surface area contributed by atoms with E-state index in [1.54, 1.807) is 12.3 Å². The highest BCUT2D eigenvalue weighted by Crippen LogP contribution is 2.30. The number of nitrogens with one attached hydrogen (secondary N) is 1. The second-order valence-corrected chi connectivity index (χ2v) is 5.73. The molecule has 0 unspecified atom stereocenters. The van der Waals surface area contributed by atoms with Crippen LogP contribution >= 0.6 is 0 Å². The molecule has 0 radical (unpaired) electrons. The van der Waals surface area contributed by atoms with Crippen LogP contribution in [-0.4, -0.2) is 15.0 Å². The summed E-state index contributed by atoms with van der Waals surface area (Å²) in [7, 11) is 0. The third-order valence-electron chi connectivity index (χ3n) is 4.10. The van der Waals surface area contributed by atoms with Crippen LogP contribution in [-0.2, 0) is 6.54 Å². The van der Waals surface area contributed by atoms with E-state index in [0.29, 0.717) is 23.3 Å². The van der Waals surface area contributed by atoms with Crippen LogP contribution in [0.5, 0.6) is 0 Å². The van der Waals surface area contributed by atoms with Crippen LogP contribution in [0.1, 0.15) is 5.56 Å². The summed E-state index contributed by atoms with van der Waals surface area (Å²) in [6.07, 6.45) is 1.59. The van der Waals surface area contributed by atoms with Gasteiger partial charge in [0.15, 0.2) is 5.52 Å². The van der Waals surface area contributed by atoms with Crippen molar-refractivity contribution in [3.63, 3.8) is 0 Å². The molecule has 3 N–H and O–H groups in total. The van der Waals surface area contributed by atoms with Crippen LogP contribution in [0, 0.1) is 0 Å². The molecule has 25 heavy (non-hydrogen) atoms. The fraction of sp³-hybridized carbons (Fsp3) is 0.0500. The van der Waals surface area contributed by atoms with Gasteiger partial charge in [0.25, 0.3) is 5.56 Å². The number of hydrogen-bond donors (Lipinski definition) is 2. The summed E-state index contributed by atoms with van der Waals surface area (Å²) in [5.74, 6) is 0. The Kier molecular flexibility index (Phi) is 3.84. The van der Waals surface area contributed by atoms with E-state index >= 15 is 0 Å². The fourth-order valence-corrected chi connectivity index (χ4v) is 2.79. The predicted octanol–water partition coefficient (Wildman–Crippen LogP) is 3.11. The van der Waals surface area contributed by atoms with Crippen molar-refractivity contribution < 1.29 is 0 Å². The molecule has 0 aliphatic rings. The van der Waals surface area contributed by atoms with Gasteiger partial charge < -0.3 is 10.7 Å². The number of aromatic amines is 1. The quantitative estimate of drug-likeness (QED) is 0.605. The maximum Gasteiger partial charge on any atom is 0.276 e. The molecule has 4 aromatic rings. The summed E-state index contributed by atoms with van der Waals surface area (Å²) >= 11 is 0. The predicted molar refractivity (Wildman–Crippen MR) is 98.9 cm³/mol. The SMILES string of the molecule is NCc1ccc(-c2nc3c(=O)[nH]ccc3nc2-c2ccccc2)cc1. The van der Waals surface area contributed by atoms with E-state index in [9.17, 15) is 4.79 Å². The van der Waals surface area contributed by atoms with Gasteiger partial charge in [-0.1, -0.05) is 54.6 Å². The fourth-order valence-electron chi connectivity index (χ4n) is 2.79. The van der Waals surface area contributed by atoms with E-state index in [-0.39, 0.29) is 5.56 Å². The van der Waals surface area contributed by atoms with E-state index in [1.807, 2.05) is 54.6 Å². The average Bonchev–Trinajstić information content (AvgIpc) is 2.68. The van der Waals surface area contributed by atoms with Crippen molar-refractivity contribution >= 4 is 11.0 Å². The highest BCUT2D eigenvalue weighted by atomic mass is 16.1. The molecule has 5 heteroatoms. The van der Waals surface area contributed by atoms with Gasteiger partial charge in [-0.25, -0.2) is 9.97 Å².